The lowest BCUT2D eigenvalue weighted by Gasteiger charge is -2.46. The largest absolute Gasteiger partial charge is 0.465 e. The molecule has 1 N–H and O–H groups in total. The summed E-state index contributed by atoms with van der Waals surface area (Å²) in [6.07, 6.45) is 0.228. The van der Waals surface area contributed by atoms with Crippen LogP contribution in [0.4, 0.5) is 4.79 Å². The van der Waals surface area contributed by atoms with Crippen molar-refractivity contribution in [1.29, 1.82) is 0 Å². The Kier molecular flexibility index (Phi) is 1.82. The molecule has 1 rings (SSSR count). The van der Waals surface area contributed by atoms with Crippen LogP contribution in [0.5, 0.6) is 0 Å². The van der Waals surface area contributed by atoms with Crippen LogP contribution in [-0.2, 0) is 0 Å². The van der Waals surface area contributed by atoms with E-state index in [-0.39, 0.29) is 11.5 Å². The average Bonchev–Trinajstić information content (AvgIpc) is 1.51. The molecule has 0 saturated carbocycles. The Morgan fingerprint density at radius 1 is 1.55 bits per heavy atom. The molecule has 0 bridgehead atoms. The molecular formula is C8H15NO2. The maximum Gasteiger partial charge on any atom is 0.407 e. The zero-order valence-electron chi connectivity index (χ0n) is 7.29. The van der Waals surface area contributed by atoms with E-state index >= 15 is 0 Å². The molecule has 1 saturated heterocycles. The summed E-state index contributed by atoms with van der Waals surface area (Å²) in [5.74, 6) is 0. The third-order valence-electron chi connectivity index (χ3n) is 2.27. The fourth-order valence-electron chi connectivity index (χ4n) is 1.52. The number of carboxylic acid groups (broad SMARTS) is 1. The molecule has 1 unspecified atom stereocenters. The second kappa shape index (κ2) is 2.40. The summed E-state index contributed by atoms with van der Waals surface area (Å²) in [5.41, 5.74) is 0.0939. The van der Waals surface area contributed by atoms with Gasteiger partial charge in [-0.2, -0.15) is 0 Å². The number of rotatable bonds is 0. The molecule has 11 heavy (non-hydrogen) atoms. The van der Waals surface area contributed by atoms with Gasteiger partial charge < -0.3 is 10.0 Å². The molecule has 1 aliphatic rings. The van der Waals surface area contributed by atoms with E-state index in [2.05, 4.69) is 20.8 Å². The SMILES string of the molecule is CC(C)(C)C1CCN1C(=O)O. The molecule has 0 aromatic rings. The van der Waals surface area contributed by atoms with E-state index < -0.39 is 6.09 Å². The second-order valence-electron chi connectivity index (χ2n) is 4.15. The number of likely N-dealkylation sites (tertiary alicyclic amines) is 1. The lowest BCUT2D eigenvalue weighted by Crippen LogP contribution is -2.56. The van der Waals surface area contributed by atoms with Gasteiger partial charge in [-0.3, -0.25) is 0 Å². The van der Waals surface area contributed by atoms with E-state index in [4.69, 9.17) is 5.11 Å². The van der Waals surface area contributed by atoms with Gasteiger partial charge in [-0.25, -0.2) is 4.79 Å². The van der Waals surface area contributed by atoms with E-state index in [1.165, 1.54) is 4.90 Å². The standard InChI is InChI=1S/C8H15NO2/c1-8(2,3)6-4-5-9(6)7(10)11/h6H,4-5H2,1-3H3,(H,10,11). The summed E-state index contributed by atoms with van der Waals surface area (Å²) in [6.45, 7) is 6.93. The number of hydrogen-bond donors (Lipinski definition) is 1. The van der Waals surface area contributed by atoms with Gasteiger partial charge in [0.05, 0.1) is 0 Å². The van der Waals surface area contributed by atoms with E-state index in [0.29, 0.717) is 6.54 Å². The molecule has 64 valence electrons. The normalized spacial score (nSPS) is 24.6. The van der Waals surface area contributed by atoms with Crippen molar-refractivity contribution in [2.45, 2.75) is 33.2 Å². The molecule has 0 aliphatic carbocycles. The molecule has 0 aromatic heterocycles. The lowest BCUT2D eigenvalue weighted by molar-refractivity contribution is 0.0200. The van der Waals surface area contributed by atoms with E-state index in [1.54, 1.807) is 0 Å². The van der Waals surface area contributed by atoms with Gasteiger partial charge in [-0.15, -0.1) is 0 Å². The van der Waals surface area contributed by atoms with Crippen LogP contribution in [0.15, 0.2) is 0 Å². The van der Waals surface area contributed by atoms with E-state index in [1.807, 2.05) is 0 Å². The highest BCUT2D eigenvalue weighted by Crippen LogP contribution is 2.33. The Hall–Kier alpha value is -0.730. The van der Waals surface area contributed by atoms with Crippen molar-refractivity contribution in [1.82, 2.24) is 4.90 Å². The minimum Gasteiger partial charge on any atom is -0.465 e. The molecule has 1 atom stereocenters. The van der Waals surface area contributed by atoms with Crippen molar-refractivity contribution in [3.63, 3.8) is 0 Å². The minimum atomic E-state index is -0.781. The smallest absolute Gasteiger partial charge is 0.407 e. The summed E-state index contributed by atoms with van der Waals surface area (Å²) in [5, 5.41) is 8.69. The number of amides is 1. The van der Waals surface area contributed by atoms with Crippen LogP contribution < -0.4 is 0 Å². The first-order chi connectivity index (χ1) is 4.93. The zero-order chi connectivity index (χ0) is 8.65. The third-order valence-corrected chi connectivity index (χ3v) is 2.27. The van der Waals surface area contributed by atoms with Crippen LogP contribution in [0.3, 0.4) is 0 Å². The number of carbonyl (C=O) groups is 1. The fraction of sp³-hybridized carbons (Fsp3) is 0.875. The molecule has 1 heterocycles. The second-order valence-corrected chi connectivity index (χ2v) is 4.15. The van der Waals surface area contributed by atoms with Crippen LogP contribution in [0, 0.1) is 5.41 Å². The predicted molar refractivity (Wildman–Crippen MR) is 42.6 cm³/mol. The van der Waals surface area contributed by atoms with Crippen molar-refractivity contribution in [2.75, 3.05) is 6.54 Å². The molecule has 3 heteroatoms. The Balaban J connectivity index is 2.57. The minimum absolute atomic E-state index is 0.0939. The van der Waals surface area contributed by atoms with Crippen molar-refractivity contribution in [3.05, 3.63) is 0 Å². The highest BCUT2D eigenvalue weighted by molar-refractivity contribution is 5.66. The molecule has 0 aromatic carbocycles. The Morgan fingerprint density at radius 3 is 2.18 bits per heavy atom. The van der Waals surface area contributed by atoms with Crippen molar-refractivity contribution >= 4 is 6.09 Å². The van der Waals surface area contributed by atoms with Gasteiger partial charge in [-0.05, 0) is 11.8 Å². The summed E-state index contributed by atoms with van der Waals surface area (Å²) < 4.78 is 0. The van der Waals surface area contributed by atoms with Gasteiger partial charge in [0.25, 0.3) is 0 Å². The van der Waals surface area contributed by atoms with Gasteiger partial charge in [-0.1, -0.05) is 20.8 Å². The van der Waals surface area contributed by atoms with Gasteiger partial charge >= 0.3 is 6.09 Å². The molecule has 0 spiro atoms. The molecule has 1 fully saturated rings. The highest BCUT2D eigenvalue weighted by atomic mass is 16.4. The van der Waals surface area contributed by atoms with Crippen LogP contribution in [0.25, 0.3) is 0 Å². The average molecular weight is 157 g/mol. The van der Waals surface area contributed by atoms with Crippen LogP contribution in [0.2, 0.25) is 0 Å². The van der Waals surface area contributed by atoms with Gasteiger partial charge in [0.1, 0.15) is 0 Å². The van der Waals surface area contributed by atoms with E-state index in [0.717, 1.165) is 6.42 Å². The van der Waals surface area contributed by atoms with Crippen molar-refractivity contribution in [2.24, 2.45) is 5.41 Å². The quantitative estimate of drug-likeness (QED) is 0.582. The Bertz CT molecular complexity index is 171. The maximum absolute atomic E-state index is 10.6. The van der Waals surface area contributed by atoms with Crippen molar-refractivity contribution < 1.29 is 9.90 Å². The van der Waals surface area contributed by atoms with Crippen LogP contribution in [0.1, 0.15) is 27.2 Å². The summed E-state index contributed by atoms with van der Waals surface area (Å²) in [7, 11) is 0. The topological polar surface area (TPSA) is 40.5 Å². The van der Waals surface area contributed by atoms with Gasteiger partial charge in [0, 0.05) is 12.6 Å². The molecule has 1 amide bonds. The number of nitrogens with zero attached hydrogens (tertiary/aromatic N) is 1. The van der Waals surface area contributed by atoms with Gasteiger partial charge in [0.2, 0.25) is 0 Å². The number of hydrogen-bond acceptors (Lipinski definition) is 1. The lowest BCUT2D eigenvalue weighted by atomic mass is 9.79. The zero-order valence-corrected chi connectivity index (χ0v) is 7.29. The third kappa shape index (κ3) is 1.47. The summed E-state index contributed by atoms with van der Waals surface area (Å²) >= 11 is 0. The first-order valence-electron chi connectivity index (χ1n) is 3.92. The first kappa shape index (κ1) is 8.37. The Labute approximate surface area is 67.0 Å². The molecule has 0 radical (unpaired) electrons. The predicted octanol–water partition coefficient (Wildman–Crippen LogP) is 1.78. The van der Waals surface area contributed by atoms with Crippen LogP contribution >= 0.6 is 0 Å². The van der Waals surface area contributed by atoms with Crippen molar-refractivity contribution in [3.8, 4) is 0 Å². The van der Waals surface area contributed by atoms with E-state index in [9.17, 15) is 4.79 Å². The first-order valence-corrected chi connectivity index (χ1v) is 3.92. The Morgan fingerprint density at radius 2 is 2.09 bits per heavy atom. The van der Waals surface area contributed by atoms with Gasteiger partial charge in [0.15, 0.2) is 0 Å². The molecule has 1 aliphatic heterocycles. The highest BCUT2D eigenvalue weighted by Gasteiger charge is 2.39. The summed E-state index contributed by atoms with van der Waals surface area (Å²) in [4.78, 5) is 12.1. The van der Waals surface area contributed by atoms with Crippen LogP contribution in [-0.4, -0.2) is 28.7 Å². The fourth-order valence-corrected chi connectivity index (χ4v) is 1.52. The summed E-state index contributed by atoms with van der Waals surface area (Å²) in [6, 6.07) is 0.222. The monoisotopic (exact) mass is 157 g/mol. The molecule has 3 nitrogen and oxygen atoms in total. The molecular weight excluding hydrogens is 142 g/mol. The maximum atomic E-state index is 10.6.